The van der Waals surface area contributed by atoms with Gasteiger partial charge in [-0.1, -0.05) is 36.8 Å². The Morgan fingerprint density at radius 1 is 1.26 bits per heavy atom. The molecule has 2 nitrogen and oxygen atoms in total. The molecule has 1 aliphatic carbocycles. The number of hydrogen-bond acceptors (Lipinski definition) is 2. The van der Waals surface area contributed by atoms with Crippen LogP contribution in [0.15, 0.2) is 35.9 Å². The smallest absolute Gasteiger partial charge is 0.124 e. The molecule has 0 spiro atoms. The minimum absolute atomic E-state index is 0.324. The quantitative estimate of drug-likeness (QED) is 0.740. The lowest BCUT2D eigenvalue weighted by Crippen LogP contribution is -2.24. The second kappa shape index (κ2) is 7.34. The van der Waals surface area contributed by atoms with Crippen LogP contribution in [0.1, 0.15) is 51.1 Å². The molecule has 1 aromatic carbocycles. The van der Waals surface area contributed by atoms with Crippen LogP contribution in [0.4, 0.5) is 0 Å². The molecule has 1 aliphatic rings. The molecule has 19 heavy (non-hydrogen) atoms. The monoisotopic (exact) mass is 259 g/mol. The summed E-state index contributed by atoms with van der Waals surface area (Å²) in [5, 5.41) is 3.68. The van der Waals surface area contributed by atoms with Crippen molar-refractivity contribution >= 4 is 0 Å². The van der Waals surface area contributed by atoms with Crippen molar-refractivity contribution in [3.63, 3.8) is 0 Å². The first kappa shape index (κ1) is 14.1. The Hall–Kier alpha value is -1.28. The van der Waals surface area contributed by atoms with Gasteiger partial charge in [-0.3, -0.25) is 0 Å². The molecule has 0 saturated carbocycles. The summed E-state index contributed by atoms with van der Waals surface area (Å²) < 4.78 is 5.79. The van der Waals surface area contributed by atoms with Crippen LogP contribution in [0.5, 0.6) is 5.75 Å². The van der Waals surface area contributed by atoms with E-state index in [0.29, 0.717) is 6.04 Å². The Balaban J connectivity index is 2.26. The highest BCUT2D eigenvalue weighted by Gasteiger charge is 2.21. The van der Waals surface area contributed by atoms with Crippen LogP contribution in [0, 0.1) is 0 Å². The Labute approximate surface area is 116 Å². The minimum atomic E-state index is 0.324. The van der Waals surface area contributed by atoms with Gasteiger partial charge in [-0.25, -0.2) is 0 Å². The second-order valence-electron chi connectivity index (χ2n) is 5.03. The van der Waals surface area contributed by atoms with Gasteiger partial charge in [0.1, 0.15) is 5.75 Å². The van der Waals surface area contributed by atoms with Gasteiger partial charge in [-0.2, -0.15) is 0 Å². The molecule has 0 aromatic heterocycles. The lowest BCUT2D eigenvalue weighted by Gasteiger charge is -2.23. The van der Waals surface area contributed by atoms with E-state index in [9.17, 15) is 0 Å². The van der Waals surface area contributed by atoms with E-state index in [1.165, 1.54) is 30.4 Å². The molecule has 0 bridgehead atoms. The Kier molecular flexibility index (Phi) is 5.46. The molecular formula is C17H25NO. The summed E-state index contributed by atoms with van der Waals surface area (Å²) in [5.74, 6) is 1.02. The molecule has 1 aromatic rings. The Morgan fingerprint density at radius 2 is 2.11 bits per heavy atom. The predicted octanol–water partition coefficient (Wildman–Crippen LogP) is 4.24. The molecule has 0 aliphatic heterocycles. The lowest BCUT2D eigenvalue weighted by molar-refractivity contribution is 0.333. The number of allylic oxidation sites excluding steroid dienone is 1. The third-order valence-corrected chi connectivity index (χ3v) is 3.58. The van der Waals surface area contributed by atoms with Gasteiger partial charge in [-0.15, -0.1) is 0 Å². The van der Waals surface area contributed by atoms with Crippen LogP contribution in [-0.4, -0.2) is 13.2 Å². The van der Waals surface area contributed by atoms with Crippen molar-refractivity contribution in [3.8, 4) is 5.75 Å². The van der Waals surface area contributed by atoms with Crippen molar-refractivity contribution in [1.82, 2.24) is 5.32 Å². The molecule has 1 N–H and O–H groups in total. The summed E-state index contributed by atoms with van der Waals surface area (Å²) in [6, 6.07) is 8.75. The lowest BCUT2D eigenvalue weighted by atomic mass is 9.97. The zero-order chi connectivity index (χ0) is 13.5. The normalized spacial score (nSPS) is 16.2. The van der Waals surface area contributed by atoms with Gasteiger partial charge in [0.15, 0.2) is 0 Å². The Morgan fingerprint density at radius 3 is 2.79 bits per heavy atom. The third-order valence-electron chi connectivity index (χ3n) is 3.58. The van der Waals surface area contributed by atoms with E-state index >= 15 is 0 Å². The largest absolute Gasteiger partial charge is 0.494 e. The SMILES string of the molecule is CCCNC(C1=CCCC1)c1ccccc1OCC. The molecule has 104 valence electrons. The van der Waals surface area contributed by atoms with E-state index in [0.717, 1.165) is 25.3 Å². The average molecular weight is 259 g/mol. The van der Waals surface area contributed by atoms with Crippen molar-refractivity contribution in [2.45, 2.75) is 45.6 Å². The van der Waals surface area contributed by atoms with E-state index in [4.69, 9.17) is 4.74 Å². The van der Waals surface area contributed by atoms with Crippen LogP contribution in [-0.2, 0) is 0 Å². The third kappa shape index (κ3) is 3.60. The van der Waals surface area contributed by atoms with E-state index < -0.39 is 0 Å². The molecule has 0 radical (unpaired) electrons. The van der Waals surface area contributed by atoms with E-state index in [1.807, 2.05) is 6.92 Å². The molecule has 0 amide bonds. The molecule has 0 fully saturated rings. The van der Waals surface area contributed by atoms with Crippen molar-refractivity contribution in [2.24, 2.45) is 0 Å². The predicted molar refractivity (Wildman–Crippen MR) is 80.6 cm³/mol. The standard InChI is InChI=1S/C17H25NO/c1-3-13-18-17(14-9-5-6-10-14)15-11-7-8-12-16(15)19-4-2/h7-9,11-12,17-18H,3-6,10,13H2,1-2H3. The number of para-hydroxylation sites is 1. The zero-order valence-corrected chi connectivity index (χ0v) is 12.1. The number of benzene rings is 1. The topological polar surface area (TPSA) is 21.3 Å². The van der Waals surface area contributed by atoms with E-state index in [-0.39, 0.29) is 0 Å². The van der Waals surface area contributed by atoms with Crippen LogP contribution in [0.25, 0.3) is 0 Å². The Bertz CT molecular complexity index is 425. The van der Waals surface area contributed by atoms with Gasteiger partial charge < -0.3 is 10.1 Å². The van der Waals surface area contributed by atoms with Gasteiger partial charge in [0.05, 0.1) is 12.6 Å². The van der Waals surface area contributed by atoms with E-state index in [2.05, 4.69) is 42.6 Å². The maximum absolute atomic E-state index is 5.79. The molecule has 1 unspecified atom stereocenters. The summed E-state index contributed by atoms with van der Waals surface area (Å²) in [5.41, 5.74) is 2.81. The van der Waals surface area contributed by atoms with Crippen LogP contribution in [0.3, 0.4) is 0 Å². The zero-order valence-electron chi connectivity index (χ0n) is 12.1. The van der Waals surface area contributed by atoms with Gasteiger partial charge in [0, 0.05) is 5.56 Å². The van der Waals surface area contributed by atoms with Crippen LogP contribution >= 0.6 is 0 Å². The highest BCUT2D eigenvalue weighted by molar-refractivity contribution is 5.41. The summed E-state index contributed by atoms with van der Waals surface area (Å²) >= 11 is 0. The fourth-order valence-electron chi connectivity index (χ4n) is 2.69. The number of hydrogen-bond donors (Lipinski definition) is 1. The second-order valence-corrected chi connectivity index (χ2v) is 5.03. The van der Waals surface area contributed by atoms with Crippen LogP contribution < -0.4 is 10.1 Å². The minimum Gasteiger partial charge on any atom is -0.494 e. The molecule has 2 heteroatoms. The summed E-state index contributed by atoms with van der Waals surface area (Å²) in [6.45, 7) is 6.01. The van der Waals surface area contributed by atoms with Gasteiger partial charge >= 0.3 is 0 Å². The molecule has 1 atom stereocenters. The first-order valence-corrected chi connectivity index (χ1v) is 7.50. The van der Waals surface area contributed by atoms with Gasteiger partial charge in [0.2, 0.25) is 0 Å². The maximum atomic E-state index is 5.79. The number of ether oxygens (including phenoxy) is 1. The fourth-order valence-corrected chi connectivity index (χ4v) is 2.69. The summed E-state index contributed by atoms with van der Waals surface area (Å²) in [6.07, 6.45) is 7.27. The first-order valence-electron chi connectivity index (χ1n) is 7.50. The van der Waals surface area contributed by atoms with Crippen molar-refractivity contribution in [3.05, 3.63) is 41.5 Å². The van der Waals surface area contributed by atoms with Crippen molar-refractivity contribution in [2.75, 3.05) is 13.2 Å². The molecule has 0 saturated heterocycles. The number of nitrogens with one attached hydrogen (secondary N) is 1. The van der Waals surface area contributed by atoms with Gasteiger partial charge in [0.25, 0.3) is 0 Å². The summed E-state index contributed by atoms with van der Waals surface area (Å²) in [7, 11) is 0. The van der Waals surface area contributed by atoms with Gasteiger partial charge in [-0.05, 0) is 45.2 Å². The fraction of sp³-hybridized carbons (Fsp3) is 0.529. The number of rotatable bonds is 7. The van der Waals surface area contributed by atoms with Crippen LogP contribution in [0.2, 0.25) is 0 Å². The van der Waals surface area contributed by atoms with E-state index in [1.54, 1.807) is 0 Å². The highest BCUT2D eigenvalue weighted by Crippen LogP contribution is 2.35. The summed E-state index contributed by atoms with van der Waals surface area (Å²) in [4.78, 5) is 0. The molecular weight excluding hydrogens is 234 g/mol. The maximum Gasteiger partial charge on any atom is 0.124 e. The van der Waals surface area contributed by atoms with Crippen molar-refractivity contribution < 1.29 is 4.74 Å². The highest BCUT2D eigenvalue weighted by atomic mass is 16.5. The average Bonchev–Trinajstić information content (AvgIpc) is 2.95. The molecule has 2 rings (SSSR count). The molecule has 0 heterocycles. The first-order chi connectivity index (χ1) is 9.36. The van der Waals surface area contributed by atoms with Crippen molar-refractivity contribution in [1.29, 1.82) is 0 Å².